The molecule has 0 saturated heterocycles. The van der Waals surface area contributed by atoms with Crippen LogP contribution in [0.2, 0.25) is 0 Å². The summed E-state index contributed by atoms with van der Waals surface area (Å²) in [5.74, 6) is -0.188. The van der Waals surface area contributed by atoms with Crippen molar-refractivity contribution >= 4 is 5.91 Å². The van der Waals surface area contributed by atoms with Gasteiger partial charge in [0, 0.05) is 18.2 Å². The molecule has 1 aromatic carbocycles. The average Bonchev–Trinajstić information content (AvgIpc) is 2.28. The van der Waals surface area contributed by atoms with Gasteiger partial charge >= 0.3 is 0 Å². The minimum Gasteiger partial charge on any atom is -0.394 e. The Morgan fingerprint density at radius 2 is 2.33 bits per heavy atom. The summed E-state index contributed by atoms with van der Waals surface area (Å²) >= 11 is 0. The van der Waals surface area contributed by atoms with E-state index in [0.717, 1.165) is 5.56 Å². The maximum atomic E-state index is 11.6. The lowest BCUT2D eigenvalue weighted by molar-refractivity contribution is 0.0922. The fourth-order valence-electron chi connectivity index (χ4n) is 1.19. The lowest BCUT2D eigenvalue weighted by Crippen LogP contribution is -2.35. The highest BCUT2D eigenvalue weighted by Gasteiger charge is 2.08. The molecule has 0 aromatic heterocycles. The summed E-state index contributed by atoms with van der Waals surface area (Å²) in [6.45, 7) is 2.09. The second-order valence-electron chi connectivity index (χ2n) is 3.46. The predicted molar refractivity (Wildman–Crippen MR) is 58.3 cm³/mol. The van der Waals surface area contributed by atoms with Gasteiger partial charge in [-0.2, -0.15) is 0 Å². The highest BCUT2D eigenvalue weighted by Crippen LogP contribution is 2.04. The molecule has 1 aromatic rings. The van der Waals surface area contributed by atoms with Crippen LogP contribution < -0.4 is 11.1 Å². The van der Waals surface area contributed by atoms with Gasteiger partial charge in [0.2, 0.25) is 0 Å². The number of carbonyl (C=O) groups excluding carboxylic acids is 1. The van der Waals surface area contributed by atoms with Crippen molar-refractivity contribution in [1.29, 1.82) is 0 Å². The molecule has 1 amide bonds. The standard InChI is InChI=1S/C11H16N2O2/c1-8(7-14)13-11(15)10-4-2-3-9(5-10)6-12/h2-5,8,14H,6-7,12H2,1H3,(H,13,15)/t8-/m1/s1. The Labute approximate surface area is 89.1 Å². The summed E-state index contributed by atoms with van der Waals surface area (Å²) in [4.78, 5) is 11.6. The number of hydrogen-bond acceptors (Lipinski definition) is 3. The third kappa shape index (κ3) is 3.34. The Balaban J connectivity index is 2.73. The van der Waals surface area contributed by atoms with Crippen LogP contribution in [0, 0.1) is 0 Å². The molecule has 0 spiro atoms. The Bertz CT molecular complexity index is 339. The molecule has 1 rings (SSSR count). The van der Waals surface area contributed by atoms with Gasteiger partial charge in [-0.05, 0) is 24.6 Å². The SMILES string of the molecule is C[C@H](CO)NC(=O)c1cccc(CN)c1. The van der Waals surface area contributed by atoms with Crippen LogP contribution in [0.25, 0.3) is 0 Å². The van der Waals surface area contributed by atoms with Gasteiger partial charge in [-0.25, -0.2) is 0 Å². The Kier molecular flexibility index (Phi) is 4.27. The largest absolute Gasteiger partial charge is 0.394 e. The zero-order valence-corrected chi connectivity index (χ0v) is 8.73. The molecule has 0 bridgehead atoms. The average molecular weight is 208 g/mol. The van der Waals surface area contributed by atoms with Gasteiger partial charge in [0.05, 0.1) is 6.61 Å². The number of aliphatic hydroxyl groups excluding tert-OH is 1. The molecular formula is C11H16N2O2. The molecule has 0 saturated carbocycles. The van der Waals surface area contributed by atoms with E-state index in [9.17, 15) is 4.79 Å². The zero-order chi connectivity index (χ0) is 11.3. The zero-order valence-electron chi connectivity index (χ0n) is 8.73. The van der Waals surface area contributed by atoms with Gasteiger partial charge in [0.25, 0.3) is 5.91 Å². The van der Waals surface area contributed by atoms with E-state index in [2.05, 4.69) is 5.32 Å². The first-order chi connectivity index (χ1) is 7.17. The first kappa shape index (κ1) is 11.7. The van der Waals surface area contributed by atoms with Crippen molar-refractivity contribution in [3.63, 3.8) is 0 Å². The number of nitrogens with one attached hydrogen (secondary N) is 1. The summed E-state index contributed by atoms with van der Waals surface area (Å²) in [5, 5.41) is 11.5. The van der Waals surface area contributed by atoms with Crippen LogP contribution in [0.5, 0.6) is 0 Å². The van der Waals surface area contributed by atoms with E-state index in [1.165, 1.54) is 0 Å². The summed E-state index contributed by atoms with van der Waals surface area (Å²) < 4.78 is 0. The van der Waals surface area contributed by atoms with Crippen molar-refractivity contribution < 1.29 is 9.90 Å². The third-order valence-electron chi connectivity index (χ3n) is 2.08. The molecule has 0 aliphatic carbocycles. The molecular weight excluding hydrogens is 192 g/mol. The van der Waals surface area contributed by atoms with Crippen LogP contribution in [0.15, 0.2) is 24.3 Å². The van der Waals surface area contributed by atoms with Gasteiger partial charge < -0.3 is 16.2 Å². The molecule has 0 unspecified atom stereocenters. The number of aliphatic hydroxyl groups is 1. The molecule has 1 atom stereocenters. The molecule has 0 aliphatic rings. The third-order valence-corrected chi connectivity index (χ3v) is 2.08. The van der Waals surface area contributed by atoms with E-state index >= 15 is 0 Å². The van der Waals surface area contributed by atoms with E-state index in [1.54, 1.807) is 25.1 Å². The normalized spacial score (nSPS) is 12.2. The molecule has 0 aliphatic heterocycles. The van der Waals surface area contributed by atoms with E-state index < -0.39 is 0 Å². The van der Waals surface area contributed by atoms with Crippen LogP contribution in [0.4, 0.5) is 0 Å². The maximum absolute atomic E-state index is 11.6. The van der Waals surface area contributed by atoms with Gasteiger partial charge in [-0.3, -0.25) is 4.79 Å². The van der Waals surface area contributed by atoms with Gasteiger partial charge in [-0.15, -0.1) is 0 Å². The molecule has 15 heavy (non-hydrogen) atoms. The number of amides is 1. The quantitative estimate of drug-likeness (QED) is 0.664. The number of carbonyl (C=O) groups is 1. The Morgan fingerprint density at radius 3 is 2.93 bits per heavy atom. The Morgan fingerprint density at radius 1 is 1.60 bits per heavy atom. The van der Waals surface area contributed by atoms with Crippen LogP contribution in [0.3, 0.4) is 0 Å². The predicted octanol–water partition coefficient (Wildman–Crippen LogP) is 0.256. The highest BCUT2D eigenvalue weighted by atomic mass is 16.3. The summed E-state index contributed by atoms with van der Waals surface area (Å²) in [6.07, 6.45) is 0. The van der Waals surface area contributed by atoms with E-state index in [-0.39, 0.29) is 18.6 Å². The van der Waals surface area contributed by atoms with Crippen molar-refractivity contribution in [1.82, 2.24) is 5.32 Å². The smallest absolute Gasteiger partial charge is 0.251 e. The molecule has 4 N–H and O–H groups in total. The molecule has 4 nitrogen and oxygen atoms in total. The van der Waals surface area contributed by atoms with E-state index in [0.29, 0.717) is 12.1 Å². The number of nitrogens with two attached hydrogens (primary N) is 1. The maximum Gasteiger partial charge on any atom is 0.251 e. The summed E-state index contributed by atoms with van der Waals surface area (Å²) in [6, 6.07) is 6.89. The van der Waals surface area contributed by atoms with Crippen molar-refractivity contribution in [3.8, 4) is 0 Å². The number of benzene rings is 1. The highest BCUT2D eigenvalue weighted by molar-refractivity contribution is 5.94. The van der Waals surface area contributed by atoms with Crippen molar-refractivity contribution in [2.24, 2.45) is 5.73 Å². The van der Waals surface area contributed by atoms with Crippen molar-refractivity contribution in [3.05, 3.63) is 35.4 Å². The lowest BCUT2D eigenvalue weighted by Gasteiger charge is -2.11. The Hall–Kier alpha value is -1.39. The fraction of sp³-hybridized carbons (Fsp3) is 0.364. The van der Waals surface area contributed by atoms with Crippen molar-refractivity contribution in [2.75, 3.05) is 6.61 Å². The lowest BCUT2D eigenvalue weighted by atomic mass is 10.1. The molecule has 0 radical (unpaired) electrons. The van der Waals surface area contributed by atoms with Gasteiger partial charge in [0.1, 0.15) is 0 Å². The second-order valence-corrected chi connectivity index (χ2v) is 3.46. The molecule has 4 heteroatoms. The fourth-order valence-corrected chi connectivity index (χ4v) is 1.19. The minimum absolute atomic E-state index is 0.0671. The topological polar surface area (TPSA) is 75.3 Å². The first-order valence-corrected chi connectivity index (χ1v) is 4.88. The summed E-state index contributed by atoms with van der Waals surface area (Å²) in [7, 11) is 0. The van der Waals surface area contributed by atoms with Crippen LogP contribution in [-0.2, 0) is 6.54 Å². The van der Waals surface area contributed by atoms with E-state index in [4.69, 9.17) is 10.8 Å². The molecule has 0 heterocycles. The minimum atomic E-state index is -0.237. The van der Waals surface area contributed by atoms with E-state index in [1.807, 2.05) is 6.07 Å². The van der Waals surface area contributed by atoms with Gasteiger partial charge in [0.15, 0.2) is 0 Å². The first-order valence-electron chi connectivity index (χ1n) is 4.88. The second kappa shape index (κ2) is 5.48. The summed E-state index contributed by atoms with van der Waals surface area (Å²) in [5.41, 5.74) is 6.96. The molecule has 0 fully saturated rings. The van der Waals surface area contributed by atoms with Gasteiger partial charge in [-0.1, -0.05) is 12.1 Å². The number of hydrogen-bond donors (Lipinski definition) is 3. The number of rotatable bonds is 4. The van der Waals surface area contributed by atoms with Crippen LogP contribution in [0.1, 0.15) is 22.8 Å². The monoisotopic (exact) mass is 208 g/mol. The molecule has 82 valence electrons. The van der Waals surface area contributed by atoms with Crippen molar-refractivity contribution in [2.45, 2.75) is 19.5 Å². The van der Waals surface area contributed by atoms with Crippen LogP contribution in [-0.4, -0.2) is 23.7 Å². The van der Waals surface area contributed by atoms with Crippen LogP contribution >= 0.6 is 0 Å².